The Balaban J connectivity index is 1.27. The second kappa shape index (κ2) is 8.96. The average molecular weight is 337 g/mol. The molecule has 0 bridgehead atoms. The number of aromatic nitrogens is 2. The van der Waals surface area contributed by atoms with Crippen LogP contribution in [-0.2, 0) is 6.54 Å². The maximum absolute atomic E-state index is 12.1. The molecule has 0 radical (unpaired) electrons. The van der Waals surface area contributed by atoms with Crippen LogP contribution in [0.4, 0.5) is 0 Å². The number of carbonyl (C=O) groups excluding carboxylic acids is 1. The first-order chi connectivity index (χ1) is 12.3. The number of hydrogen-bond acceptors (Lipinski definition) is 4. The average Bonchev–Trinajstić information content (AvgIpc) is 3.09. The van der Waals surface area contributed by atoms with Crippen molar-refractivity contribution in [3.8, 4) is 0 Å². The molecule has 1 aromatic carbocycles. The monoisotopic (exact) mass is 337 g/mol. The highest BCUT2D eigenvalue weighted by atomic mass is 16.1. The van der Waals surface area contributed by atoms with Crippen LogP contribution >= 0.6 is 0 Å². The molecule has 0 fully saturated rings. The summed E-state index contributed by atoms with van der Waals surface area (Å²) in [5.41, 5.74) is 2.61. The lowest BCUT2D eigenvalue weighted by atomic mass is 10.2. The maximum atomic E-state index is 12.1. The Morgan fingerprint density at radius 3 is 2.60 bits per heavy atom. The fourth-order valence-electron chi connectivity index (χ4n) is 2.58. The minimum absolute atomic E-state index is 0.0775. The van der Waals surface area contributed by atoms with Gasteiger partial charge in [-0.05, 0) is 24.3 Å². The molecule has 0 unspecified atom stereocenters. The molecule has 0 aliphatic heterocycles. The summed E-state index contributed by atoms with van der Waals surface area (Å²) in [5.74, 6) is -0.0775. The van der Waals surface area contributed by atoms with Gasteiger partial charge < -0.3 is 20.9 Å². The van der Waals surface area contributed by atoms with E-state index in [0.29, 0.717) is 12.2 Å². The van der Waals surface area contributed by atoms with Gasteiger partial charge in [0.2, 0.25) is 0 Å². The van der Waals surface area contributed by atoms with Crippen molar-refractivity contribution >= 4 is 16.8 Å². The minimum Gasteiger partial charge on any atom is -0.351 e. The molecule has 0 saturated carbocycles. The number of hydrogen-bond donors (Lipinski definition) is 4. The number of benzene rings is 1. The molecule has 3 aromatic rings. The number of rotatable bonds is 9. The predicted octanol–water partition coefficient (Wildman–Crippen LogP) is 1.67. The molecule has 2 heterocycles. The molecule has 6 heteroatoms. The van der Waals surface area contributed by atoms with Crippen LogP contribution in [0, 0.1) is 0 Å². The molecule has 3 rings (SSSR count). The summed E-state index contributed by atoms with van der Waals surface area (Å²) in [5, 5.41) is 10.6. The van der Waals surface area contributed by atoms with Crippen LogP contribution in [0.3, 0.4) is 0 Å². The number of aromatic amines is 1. The summed E-state index contributed by atoms with van der Waals surface area (Å²) in [4.78, 5) is 19.5. The van der Waals surface area contributed by atoms with E-state index in [9.17, 15) is 4.79 Å². The topological polar surface area (TPSA) is 81.8 Å². The van der Waals surface area contributed by atoms with Crippen LogP contribution < -0.4 is 16.0 Å². The fraction of sp³-hybridized carbons (Fsp3) is 0.263. The second-order valence-electron chi connectivity index (χ2n) is 5.77. The first kappa shape index (κ1) is 17.1. The molecule has 25 heavy (non-hydrogen) atoms. The summed E-state index contributed by atoms with van der Waals surface area (Å²) >= 11 is 0. The zero-order valence-electron chi connectivity index (χ0n) is 14.1. The van der Waals surface area contributed by atoms with Crippen LogP contribution in [0.25, 0.3) is 10.9 Å². The van der Waals surface area contributed by atoms with Gasteiger partial charge in [-0.3, -0.25) is 9.78 Å². The molecule has 0 spiro atoms. The van der Waals surface area contributed by atoms with Crippen LogP contribution in [-0.4, -0.2) is 42.1 Å². The number of para-hydroxylation sites is 1. The molecular formula is C19H23N5O. The Morgan fingerprint density at radius 2 is 1.76 bits per heavy atom. The van der Waals surface area contributed by atoms with Gasteiger partial charge in [0.05, 0.1) is 5.69 Å². The fourth-order valence-corrected chi connectivity index (χ4v) is 2.58. The van der Waals surface area contributed by atoms with E-state index in [1.54, 1.807) is 6.20 Å². The SMILES string of the molecule is O=C(NCCNCCNCc1ccccn1)c1cc2ccccc2[nH]1. The highest BCUT2D eigenvalue weighted by Gasteiger charge is 2.07. The third kappa shape index (κ3) is 5.14. The van der Waals surface area contributed by atoms with Crippen molar-refractivity contribution in [3.05, 3.63) is 66.1 Å². The normalized spacial score (nSPS) is 10.9. The molecule has 0 aliphatic rings. The lowest BCUT2D eigenvalue weighted by Gasteiger charge is -2.07. The van der Waals surface area contributed by atoms with Crippen LogP contribution in [0.5, 0.6) is 0 Å². The van der Waals surface area contributed by atoms with Gasteiger partial charge in [-0.15, -0.1) is 0 Å². The van der Waals surface area contributed by atoms with E-state index in [1.807, 2.05) is 48.5 Å². The van der Waals surface area contributed by atoms with Gasteiger partial charge in [-0.25, -0.2) is 0 Å². The molecule has 0 atom stereocenters. The molecular weight excluding hydrogens is 314 g/mol. The number of pyridine rings is 1. The van der Waals surface area contributed by atoms with Crippen LogP contribution in [0.1, 0.15) is 16.2 Å². The molecule has 4 N–H and O–H groups in total. The van der Waals surface area contributed by atoms with E-state index in [-0.39, 0.29) is 5.91 Å². The molecule has 0 saturated heterocycles. The summed E-state index contributed by atoms with van der Waals surface area (Å²) in [6.07, 6.45) is 1.80. The molecule has 0 aliphatic carbocycles. The first-order valence-electron chi connectivity index (χ1n) is 8.50. The van der Waals surface area contributed by atoms with Crippen LogP contribution in [0.15, 0.2) is 54.7 Å². The Bertz CT molecular complexity index is 767. The van der Waals surface area contributed by atoms with Crippen molar-refractivity contribution in [1.82, 2.24) is 25.9 Å². The summed E-state index contributed by atoms with van der Waals surface area (Å²) in [6.45, 7) is 3.78. The minimum atomic E-state index is -0.0775. The predicted molar refractivity (Wildman–Crippen MR) is 99.4 cm³/mol. The Morgan fingerprint density at radius 1 is 0.960 bits per heavy atom. The van der Waals surface area contributed by atoms with Gasteiger partial charge >= 0.3 is 0 Å². The standard InChI is InChI=1S/C19H23N5O/c25-19(18-13-15-5-1-2-7-17(15)24-18)23-12-11-20-9-10-21-14-16-6-3-4-8-22-16/h1-8,13,20-21,24H,9-12,14H2,(H,23,25). The molecule has 2 aromatic heterocycles. The summed E-state index contributed by atoms with van der Waals surface area (Å²) < 4.78 is 0. The third-order valence-electron chi connectivity index (χ3n) is 3.87. The zero-order chi connectivity index (χ0) is 17.3. The van der Waals surface area contributed by atoms with E-state index in [2.05, 4.69) is 25.9 Å². The smallest absolute Gasteiger partial charge is 0.267 e. The number of carbonyl (C=O) groups is 1. The quantitative estimate of drug-likeness (QED) is 0.448. The van der Waals surface area contributed by atoms with Gasteiger partial charge in [0, 0.05) is 49.8 Å². The highest BCUT2D eigenvalue weighted by molar-refractivity contribution is 5.97. The van der Waals surface area contributed by atoms with Crippen molar-refractivity contribution in [3.63, 3.8) is 0 Å². The molecule has 130 valence electrons. The van der Waals surface area contributed by atoms with Crippen molar-refractivity contribution in [2.75, 3.05) is 26.2 Å². The second-order valence-corrected chi connectivity index (χ2v) is 5.77. The Labute approximate surface area is 147 Å². The van der Waals surface area contributed by atoms with E-state index in [4.69, 9.17) is 0 Å². The zero-order valence-corrected chi connectivity index (χ0v) is 14.1. The molecule has 6 nitrogen and oxygen atoms in total. The number of amides is 1. The summed E-state index contributed by atoms with van der Waals surface area (Å²) in [6, 6.07) is 15.6. The van der Waals surface area contributed by atoms with Crippen molar-refractivity contribution < 1.29 is 4.79 Å². The number of nitrogens with zero attached hydrogens (tertiary/aromatic N) is 1. The van der Waals surface area contributed by atoms with E-state index in [1.165, 1.54) is 0 Å². The van der Waals surface area contributed by atoms with E-state index >= 15 is 0 Å². The Kier molecular flexibility index (Phi) is 6.14. The highest BCUT2D eigenvalue weighted by Crippen LogP contribution is 2.14. The van der Waals surface area contributed by atoms with E-state index in [0.717, 1.165) is 42.8 Å². The van der Waals surface area contributed by atoms with Crippen molar-refractivity contribution in [1.29, 1.82) is 0 Å². The lowest BCUT2D eigenvalue weighted by Crippen LogP contribution is -2.35. The van der Waals surface area contributed by atoms with Crippen molar-refractivity contribution in [2.24, 2.45) is 0 Å². The number of H-pyrrole nitrogens is 1. The maximum Gasteiger partial charge on any atom is 0.267 e. The van der Waals surface area contributed by atoms with Gasteiger partial charge in [0.1, 0.15) is 5.69 Å². The number of fused-ring (bicyclic) bond motifs is 1. The first-order valence-corrected chi connectivity index (χ1v) is 8.50. The Hall–Kier alpha value is -2.70. The largest absolute Gasteiger partial charge is 0.351 e. The lowest BCUT2D eigenvalue weighted by molar-refractivity contribution is 0.0950. The van der Waals surface area contributed by atoms with Gasteiger partial charge in [0.25, 0.3) is 5.91 Å². The van der Waals surface area contributed by atoms with Gasteiger partial charge in [-0.2, -0.15) is 0 Å². The third-order valence-corrected chi connectivity index (χ3v) is 3.87. The van der Waals surface area contributed by atoms with Crippen LogP contribution in [0.2, 0.25) is 0 Å². The number of nitrogens with one attached hydrogen (secondary N) is 4. The van der Waals surface area contributed by atoms with Gasteiger partial charge in [-0.1, -0.05) is 24.3 Å². The van der Waals surface area contributed by atoms with Crippen molar-refractivity contribution in [2.45, 2.75) is 6.54 Å². The van der Waals surface area contributed by atoms with Gasteiger partial charge in [0.15, 0.2) is 0 Å². The summed E-state index contributed by atoms with van der Waals surface area (Å²) in [7, 11) is 0. The van der Waals surface area contributed by atoms with E-state index < -0.39 is 0 Å². The molecule has 1 amide bonds.